The molecule has 5 heteroatoms. The highest BCUT2D eigenvalue weighted by Crippen LogP contribution is 2.20. The summed E-state index contributed by atoms with van der Waals surface area (Å²) in [6.45, 7) is 5.96. The summed E-state index contributed by atoms with van der Waals surface area (Å²) >= 11 is 0. The number of rotatable bonds is 6. The Kier molecular flexibility index (Phi) is 4.49. The average Bonchev–Trinajstić information content (AvgIpc) is 2.26. The Morgan fingerprint density at radius 2 is 2.12 bits per heavy atom. The molecule has 1 heterocycles. The van der Waals surface area contributed by atoms with Crippen molar-refractivity contribution in [3.8, 4) is 0 Å². The minimum absolute atomic E-state index is 0.166. The van der Waals surface area contributed by atoms with Crippen molar-refractivity contribution in [1.29, 1.82) is 0 Å². The number of hydrogen-bond acceptors (Lipinski definition) is 5. The molecule has 0 saturated heterocycles. The molecular formula is C11H20N4O. The third kappa shape index (κ3) is 4.44. The molecule has 0 bridgehead atoms. The topological polar surface area (TPSA) is 73.1 Å². The Labute approximate surface area is 96.4 Å². The number of nitrogens with two attached hydrogens (primary N) is 1. The van der Waals surface area contributed by atoms with E-state index in [1.165, 1.54) is 0 Å². The quantitative estimate of drug-likeness (QED) is 0.766. The zero-order valence-electron chi connectivity index (χ0n) is 10.2. The standard InChI is InChI=1S/C11H20N4O/c1-11(2,4-5-16-3)8-15-10-7-13-9(12)6-14-10/h6-7H,4-5,8H2,1-3H3,(H2,12,13)(H,14,15). The van der Waals surface area contributed by atoms with Gasteiger partial charge in [-0.1, -0.05) is 13.8 Å². The fraction of sp³-hybridized carbons (Fsp3) is 0.636. The number of ether oxygens (including phenoxy) is 1. The van der Waals surface area contributed by atoms with Gasteiger partial charge in [-0.2, -0.15) is 0 Å². The van der Waals surface area contributed by atoms with Gasteiger partial charge in [0.1, 0.15) is 11.6 Å². The largest absolute Gasteiger partial charge is 0.385 e. The monoisotopic (exact) mass is 224 g/mol. The molecule has 0 aliphatic rings. The molecule has 0 aliphatic heterocycles. The molecular weight excluding hydrogens is 204 g/mol. The van der Waals surface area contributed by atoms with Gasteiger partial charge < -0.3 is 15.8 Å². The van der Waals surface area contributed by atoms with Crippen molar-refractivity contribution in [1.82, 2.24) is 9.97 Å². The highest BCUT2D eigenvalue weighted by molar-refractivity contribution is 5.36. The predicted octanol–water partition coefficient (Wildman–Crippen LogP) is 1.53. The minimum atomic E-state index is 0.166. The van der Waals surface area contributed by atoms with Crippen molar-refractivity contribution in [2.75, 3.05) is 31.3 Å². The first-order valence-electron chi connectivity index (χ1n) is 5.34. The summed E-state index contributed by atoms with van der Waals surface area (Å²) in [7, 11) is 1.72. The lowest BCUT2D eigenvalue weighted by molar-refractivity contribution is 0.157. The molecule has 0 atom stereocenters. The second-order valence-corrected chi connectivity index (χ2v) is 4.59. The maximum atomic E-state index is 5.46. The van der Waals surface area contributed by atoms with E-state index < -0.39 is 0 Å². The van der Waals surface area contributed by atoms with Crippen LogP contribution in [0.5, 0.6) is 0 Å². The second-order valence-electron chi connectivity index (χ2n) is 4.59. The minimum Gasteiger partial charge on any atom is -0.385 e. The first-order valence-corrected chi connectivity index (χ1v) is 5.34. The molecule has 1 aromatic rings. The molecule has 16 heavy (non-hydrogen) atoms. The van der Waals surface area contributed by atoms with Gasteiger partial charge in [-0.3, -0.25) is 0 Å². The normalized spacial score (nSPS) is 11.4. The van der Waals surface area contributed by atoms with Crippen molar-refractivity contribution >= 4 is 11.6 Å². The molecule has 0 spiro atoms. The zero-order chi connectivity index (χ0) is 12.0. The van der Waals surface area contributed by atoms with Crippen molar-refractivity contribution in [2.45, 2.75) is 20.3 Å². The fourth-order valence-corrected chi connectivity index (χ4v) is 1.23. The molecule has 0 radical (unpaired) electrons. The first kappa shape index (κ1) is 12.7. The lowest BCUT2D eigenvalue weighted by Gasteiger charge is -2.24. The molecule has 1 aromatic heterocycles. The van der Waals surface area contributed by atoms with E-state index in [1.807, 2.05) is 0 Å². The van der Waals surface area contributed by atoms with Crippen LogP contribution in [-0.2, 0) is 4.74 Å². The number of nitrogens with one attached hydrogen (secondary N) is 1. The molecule has 3 N–H and O–H groups in total. The van der Waals surface area contributed by atoms with Crippen LogP contribution in [-0.4, -0.2) is 30.2 Å². The summed E-state index contributed by atoms with van der Waals surface area (Å²) in [5, 5.41) is 3.24. The maximum Gasteiger partial charge on any atom is 0.144 e. The molecule has 0 amide bonds. The Hall–Kier alpha value is -1.36. The van der Waals surface area contributed by atoms with Gasteiger partial charge >= 0.3 is 0 Å². The molecule has 0 aromatic carbocycles. The lowest BCUT2D eigenvalue weighted by atomic mass is 9.90. The van der Waals surface area contributed by atoms with Crippen LogP contribution >= 0.6 is 0 Å². The highest BCUT2D eigenvalue weighted by Gasteiger charge is 2.17. The highest BCUT2D eigenvalue weighted by atomic mass is 16.5. The van der Waals surface area contributed by atoms with Crippen LogP contribution in [0.25, 0.3) is 0 Å². The first-order chi connectivity index (χ1) is 7.53. The van der Waals surface area contributed by atoms with Gasteiger partial charge in [-0.15, -0.1) is 0 Å². The van der Waals surface area contributed by atoms with Crippen molar-refractivity contribution in [2.24, 2.45) is 5.41 Å². The average molecular weight is 224 g/mol. The van der Waals surface area contributed by atoms with Crippen LogP contribution in [0.3, 0.4) is 0 Å². The molecule has 90 valence electrons. The third-order valence-corrected chi connectivity index (χ3v) is 2.40. The Bertz CT molecular complexity index is 310. The molecule has 0 fully saturated rings. The van der Waals surface area contributed by atoms with Crippen LogP contribution in [0.1, 0.15) is 20.3 Å². The number of nitrogen functional groups attached to an aromatic ring is 1. The van der Waals surface area contributed by atoms with E-state index >= 15 is 0 Å². The van der Waals surface area contributed by atoms with Crippen LogP contribution in [0.2, 0.25) is 0 Å². The Morgan fingerprint density at radius 1 is 1.38 bits per heavy atom. The smallest absolute Gasteiger partial charge is 0.144 e. The molecule has 1 rings (SSSR count). The van der Waals surface area contributed by atoms with E-state index in [2.05, 4.69) is 29.1 Å². The number of methoxy groups -OCH3 is 1. The summed E-state index contributed by atoms with van der Waals surface area (Å²) in [4.78, 5) is 8.10. The van der Waals surface area contributed by atoms with E-state index in [4.69, 9.17) is 10.5 Å². The Morgan fingerprint density at radius 3 is 2.69 bits per heavy atom. The predicted molar refractivity (Wildman–Crippen MR) is 65.2 cm³/mol. The van der Waals surface area contributed by atoms with Gasteiger partial charge in [0, 0.05) is 20.3 Å². The maximum absolute atomic E-state index is 5.46. The molecule has 5 nitrogen and oxygen atoms in total. The van der Waals surface area contributed by atoms with Crippen molar-refractivity contribution < 1.29 is 4.74 Å². The Balaban J connectivity index is 2.41. The lowest BCUT2D eigenvalue weighted by Crippen LogP contribution is -2.25. The number of nitrogens with zero attached hydrogens (tertiary/aromatic N) is 2. The van der Waals surface area contributed by atoms with Gasteiger partial charge in [-0.25, -0.2) is 9.97 Å². The molecule has 0 saturated carbocycles. The van der Waals surface area contributed by atoms with Crippen LogP contribution in [0, 0.1) is 5.41 Å². The van der Waals surface area contributed by atoms with Gasteiger partial charge in [-0.05, 0) is 11.8 Å². The number of anilines is 2. The summed E-state index contributed by atoms with van der Waals surface area (Å²) < 4.78 is 5.07. The van der Waals surface area contributed by atoms with Crippen molar-refractivity contribution in [3.63, 3.8) is 0 Å². The second kappa shape index (κ2) is 5.65. The van der Waals surface area contributed by atoms with Crippen LogP contribution < -0.4 is 11.1 Å². The zero-order valence-corrected chi connectivity index (χ0v) is 10.2. The summed E-state index contributed by atoms with van der Waals surface area (Å²) in [5.41, 5.74) is 5.62. The van der Waals surface area contributed by atoms with E-state index in [-0.39, 0.29) is 5.41 Å². The van der Waals surface area contributed by atoms with E-state index in [0.29, 0.717) is 5.82 Å². The van der Waals surface area contributed by atoms with Gasteiger partial charge in [0.05, 0.1) is 12.4 Å². The van der Waals surface area contributed by atoms with Crippen LogP contribution in [0.4, 0.5) is 11.6 Å². The molecule has 0 unspecified atom stereocenters. The van der Waals surface area contributed by atoms with Gasteiger partial charge in [0.25, 0.3) is 0 Å². The van der Waals surface area contributed by atoms with E-state index in [9.17, 15) is 0 Å². The summed E-state index contributed by atoms with van der Waals surface area (Å²) in [6.07, 6.45) is 4.19. The summed E-state index contributed by atoms with van der Waals surface area (Å²) in [5.74, 6) is 1.18. The van der Waals surface area contributed by atoms with Gasteiger partial charge in [0.15, 0.2) is 0 Å². The van der Waals surface area contributed by atoms with Crippen LogP contribution in [0.15, 0.2) is 12.4 Å². The fourth-order valence-electron chi connectivity index (χ4n) is 1.23. The van der Waals surface area contributed by atoms with E-state index in [1.54, 1.807) is 19.5 Å². The van der Waals surface area contributed by atoms with E-state index in [0.717, 1.165) is 25.4 Å². The molecule has 0 aliphatic carbocycles. The van der Waals surface area contributed by atoms with Gasteiger partial charge in [0.2, 0.25) is 0 Å². The van der Waals surface area contributed by atoms with Crippen molar-refractivity contribution in [3.05, 3.63) is 12.4 Å². The SMILES string of the molecule is COCCC(C)(C)CNc1cnc(N)cn1. The number of aromatic nitrogens is 2. The summed E-state index contributed by atoms with van der Waals surface area (Å²) in [6, 6.07) is 0. The third-order valence-electron chi connectivity index (χ3n) is 2.40. The number of hydrogen-bond donors (Lipinski definition) is 2.